The van der Waals surface area contributed by atoms with Crippen LogP contribution in [0.15, 0.2) is 12.1 Å². The van der Waals surface area contributed by atoms with Gasteiger partial charge in [-0.05, 0) is 37.5 Å². The minimum absolute atomic E-state index is 0.162. The summed E-state index contributed by atoms with van der Waals surface area (Å²) in [6.07, 6.45) is 2.16. The Morgan fingerprint density at radius 1 is 1.43 bits per heavy atom. The van der Waals surface area contributed by atoms with Crippen LogP contribution in [0.2, 0.25) is 0 Å². The van der Waals surface area contributed by atoms with E-state index in [9.17, 15) is 4.79 Å². The molecule has 114 valence electrons. The van der Waals surface area contributed by atoms with Crippen LogP contribution in [0.3, 0.4) is 0 Å². The van der Waals surface area contributed by atoms with Crippen LogP contribution >= 0.6 is 0 Å². The van der Waals surface area contributed by atoms with Crippen molar-refractivity contribution in [3.8, 4) is 17.2 Å². The Labute approximate surface area is 123 Å². The molecule has 1 unspecified atom stereocenters. The van der Waals surface area contributed by atoms with Crippen molar-refractivity contribution >= 4 is 5.97 Å². The number of carbonyl (C=O) groups excluding carboxylic acids is 1. The molecule has 0 saturated heterocycles. The average Bonchev–Trinajstić information content (AvgIpc) is 3.18. The molecule has 0 radical (unpaired) electrons. The summed E-state index contributed by atoms with van der Waals surface area (Å²) >= 11 is 0. The molecule has 1 aliphatic carbocycles. The molecule has 3 rings (SSSR count). The first-order chi connectivity index (χ1) is 10.2. The van der Waals surface area contributed by atoms with E-state index in [1.165, 1.54) is 0 Å². The second kappa shape index (κ2) is 5.81. The van der Waals surface area contributed by atoms with Gasteiger partial charge in [0.1, 0.15) is 6.04 Å². The maximum atomic E-state index is 12.2. The average molecular weight is 293 g/mol. The van der Waals surface area contributed by atoms with Gasteiger partial charge in [0.05, 0.1) is 13.7 Å². The Hall–Kier alpha value is -1.95. The summed E-state index contributed by atoms with van der Waals surface area (Å²) in [5, 5.41) is 3.31. The molecule has 1 aromatic rings. The molecule has 6 heteroatoms. The molecule has 1 heterocycles. The number of hydrogen-bond acceptors (Lipinski definition) is 6. The molecule has 2 aliphatic rings. The van der Waals surface area contributed by atoms with Crippen molar-refractivity contribution in [2.45, 2.75) is 31.8 Å². The zero-order valence-corrected chi connectivity index (χ0v) is 12.2. The zero-order chi connectivity index (χ0) is 14.8. The number of hydrogen-bond donors (Lipinski definition) is 1. The van der Waals surface area contributed by atoms with Gasteiger partial charge in [-0.1, -0.05) is 0 Å². The normalized spacial score (nSPS) is 17.4. The van der Waals surface area contributed by atoms with E-state index in [4.69, 9.17) is 18.9 Å². The molecule has 1 N–H and O–H groups in total. The van der Waals surface area contributed by atoms with E-state index in [2.05, 4.69) is 5.32 Å². The third-order valence-corrected chi connectivity index (χ3v) is 3.52. The predicted octanol–water partition coefficient (Wildman–Crippen LogP) is 1.78. The highest BCUT2D eigenvalue weighted by molar-refractivity contribution is 5.78. The molecule has 1 fully saturated rings. The number of rotatable bonds is 6. The van der Waals surface area contributed by atoms with Crippen LogP contribution in [0.25, 0.3) is 0 Å². The molecule has 1 aliphatic heterocycles. The Kier molecular flexibility index (Phi) is 3.88. The molecule has 1 saturated carbocycles. The van der Waals surface area contributed by atoms with Crippen LogP contribution in [-0.2, 0) is 9.53 Å². The number of ether oxygens (including phenoxy) is 4. The molecule has 1 aromatic carbocycles. The first-order valence-corrected chi connectivity index (χ1v) is 7.13. The summed E-state index contributed by atoms with van der Waals surface area (Å²) in [5.74, 6) is 1.45. The van der Waals surface area contributed by atoms with Crippen LogP contribution in [0.5, 0.6) is 17.2 Å². The SMILES string of the molecule is CCOC(=O)C(NC1CC1)c1cc(OC)c2c(c1)OCO2. The van der Waals surface area contributed by atoms with Crippen molar-refractivity contribution in [2.24, 2.45) is 0 Å². The smallest absolute Gasteiger partial charge is 0.327 e. The Morgan fingerprint density at radius 2 is 2.24 bits per heavy atom. The van der Waals surface area contributed by atoms with Gasteiger partial charge in [-0.15, -0.1) is 0 Å². The van der Waals surface area contributed by atoms with Gasteiger partial charge in [-0.3, -0.25) is 5.32 Å². The van der Waals surface area contributed by atoms with Crippen molar-refractivity contribution in [3.63, 3.8) is 0 Å². The van der Waals surface area contributed by atoms with E-state index in [1.807, 2.05) is 6.07 Å². The van der Waals surface area contributed by atoms with Crippen LogP contribution < -0.4 is 19.5 Å². The van der Waals surface area contributed by atoms with Crippen LogP contribution in [-0.4, -0.2) is 32.5 Å². The topological polar surface area (TPSA) is 66.0 Å². The third-order valence-electron chi connectivity index (χ3n) is 3.52. The Balaban J connectivity index is 1.92. The van der Waals surface area contributed by atoms with Crippen LogP contribution in [0.1, 0.15) is 31.4 Å². The largest absolute Gasteiger partial charge is 0.493 e. The van der Waals surface area contributed by atoms with Crippen LogP contribution in [0, 0.1) is 0 Å². The number of carbonyl (C=O) groups is 1. The minimum Gasteiger partial charge on any atom is -0.493 e. The van der Waals surface area contributed by atoms with Gasteiger partial charge >= 0.3 is 5.97 Å². The van der Waals surface area contributed by atoms with Crippen LogP contribution in [0.4, 0.5) is 0 Å². The summed E-state index contributed by atoms with van der Waals surface area (Å²) in [6.45, 7) is 2.31. The van der Waals surface area contributed by atoms with Gasteiger partial charge in [-0.25, -0.2) is 4.79 Å². The van der Waals surface area contributed by atoms with Gasteiger partial charge in [0.2, 0.25) is 12.5 Å². The van der Waals surface area contributed by atoms with Crippen molar-refractivity contribution in [3.05, 3.63) is 17.7 Å². The van der Waals surface area contributed by atoms with Gasteiger partial charge in [0, 0.05) is 6.04 Å². The molecule has 1 atom stereocenters. The summed E-state index contributed by atoms with van der Waals surface area (Å²) in [7, 11) is 1.56. The number of esters is 1. The van der Waals surface area contributed by atoms with E-state index in [1.54, 1.807) is 20.1 Å². The highest BCUT2D eigenvalue weighted by atomic mass is 16.7. The molecular weight excluding hydrogens is 274 g/mol. The summed E-state index contributed by atoms with van der Waals surface area (Å²) < 4.78 is 21.3. The Morgan fingerprint density at radius 3 is 2.90 bits per heavy atom. The fourth-order valence-corrected chi connectivity index (χ4v) is 2.33. The van der Waals surface area contributed by atoms with Gasteiger partial charge in [0.15, 0.2) is 11.5 Å². The first-order valence-electron chi connectivity index (χ1n) is 7.13. The number of methoxy groups -OCH3 is 1. The van der Waals surface area contributed by atoms with E-state index in [0.29, 0.717) is 29.9 Å². The lowest BCUT2D eigenvalue weighted by atomic mass is 10.1. The fourth-order valence-electron chi connectivity index (χ4n) is 2.33. The van der Waals surface area contributed by atoms with Crippen molar-refractivity contribution in [2.75, 3.05) is 20.5 Å². The second-order valence-electron chi connectivity index (χ2n) is 5.08. The molecule has 21 heavy (non-hydrogen) atoms. The molecular formula is C15H19NO5. The fraction of sp³-hybridized carbons (Fsp3) is 0.533. The lowest BCUT2D eigenvalue weighted by Crippen LogP contribution is -2.31. The molecule has 6 nitrogen and oxygen atoms in total. The predicted molar refractivity (Wildman–Crippen MR) is 74.6 cm³/mol. The molecule has 0 amide bonds. The third kappa shape index (κ3) is 2.90. The van der Waals surface area contributed by atoms with Crippen molar-refractivity contribution in [1.29, 1.82) is 0 Å². The number of fused-ring (bicyclic) bond motifs is 1. The standard InChI is InChI=1S/C15H19NO5/c1-3-19-15(17)13(16-10-4-5-10)9-6-11(18-2)14-12(7-9)20-8-21-14/h6-7,10,13,16H,3-5,8H2,1-2H3. The van der Waals surface area contributed by atoms with E-state index >= 15 is 0 Å². The zero-order valence-electron chi connectivity index (χ0n) is 12.2. The van der Waals surface area contributed by atoms with E-state index in [-0.39, 0.29) is 12.8 Å². The van der Waals surface area contributed by atoms with Gasteiger partial charge in [0.25, 0.3) is 0 Å². The molecule has 0 spiro atoms. The number of benzene rings is 1. The highest BCUT2D eigenvalue weighted by Crippen LogP contribution is 2.43. The maximum Gasteiger partial charge on any atom is 0.327 e. The highest BCUT2D eigenvalue weighted by Gasteiger charge is 2.32. The van der Waals surface area contributed by atoms with Crippen molar-refractivity contribution < 1.29 is 23.7 Å². The first kappa shape index (κ1) is 14.0. The Bertz CT molecular complexity index is 541. The van der Waals surface area contributed by atoms with E-state index < -0.39 is 6.04 Å². The monoisotopic (exact) mass is 293 g/mol. The van der Waals surface area contributed by atoms with Crippen molar-refractivity contribution in [1.82, 2.24) is 5.32 Å². The summed E-state index contributed by atoms with van der Waals surface area (Å²) in [6, 6.07) is 3.46. The quantitative estimate of drug-likeness (QED) is 0.807. The molecule has 0 bridgehead atoms. The van der Waals surface area contributed by atoms with Gasteiger partial charge in [-0.2, -0.15) is 0 Å². The maximum absolute atomic E-state index is 12.2. The second-order valence-corrected chi connectivity index (χ2v) is 5.08. The minimum atomic E-state index is -0.513. The van der Waals surface area contributed by atoms with E-state index in [0.717, 1.165) is 18.4 Å². The van der Waals surface area contributed by atoms with Gasteiger partial charge < -0.3 is 18.9 Å². The summed E-state index contributed by atoms with van der Waals surface area (Å²) in [5.41, 5.74) is 0.765. The number of nitrogens with one attached hydrogen (secondary N) is 1. The summed E-state index contributed by atoms with van der Waals surface area (Å²) in [4.78, 5) is 12.2. The lowest BCUT2D eigenvalue weighted by Gasteiger charge is -2.18. The lowest BCUT2D eigenvalue weighted by molar-refractivity contribution is -0.145. The molecule has 0 aromatic heterocycles.